The van der Waals surface area contributed by atoms with Crippen molar-refractivity contribution in [1.82, 2.24) is 14.9 Å². The van der Waals surface area contributed by atoms with Gasteiger partial charge in [-0.15, -0.1) is 0 Å². The van der Waals surface area contributed by atoms with Crippen LogP contribution in [0.3, 0.4) is 0 Å². The molecule has 0 unspecified atom stereocenters. The second-order valence-corrected chi connectivity index (χ2v) is 13.0. The molecule has 218 valence electrons. The molecule has 42 heavy (non-hydrogen) atoms. The highest BCUT2D eigenvalue weighted by molar-refractivity contribution is 7.92. The molecule has 0 saturated heterocycles. The fraction of sp³-hybridized carbons (Fsp3) is 0.303. The number of benzene rings is 3. The molecule has 4 aromatic rings. The molecular formula is C33H36N4O4S. The average Bonchev–Trinajstić information content (AvgIpc) is 2.94. The van der Waals surface area contributed by atoms with Gasteiger partial charge in [0.2, 0.25) is 11.8 Å². The molecule has 1 aliphatic rings. The number of aromatic nitrogens is 2. The average molecular weight is 585 g/mol. The summed E-state index contributed by atoms with van der Waals surface area (Å²) in [6.45, 7) is 10.7. The molecule has 2 heterocycles. The fourth-order valence-corrected chi connectivity index (χ4v) is 6.37. The van der Waals surface area contributed by atoms with Crippen LogP contribution in [-0.4, -0.2) is 41.8 Å². The van der Waals surface area contributed by atoms with E-state index in [-0.39, 0.29) is 46.8 Å². The monoisotopic (exact) mass is 584 g/mol. The predicted molar refractivity (Wildman–Crippen MR) is 164 cm³/mol. The van der Waals surface area contributed by atoms with Gasteiger partial charge in [0.15, 0.2) is 0 Å². The van der Waals surface area contributed by atoms with Crippen molar-refractivity contribution < 1.29 is 17.9 Å². The number of anilines is 1. The summed E-state index contributed by atoms with van der Waals surface area (Å²) in [6, 6.07) is 21.4. The molecule has 1 amide bonds. The van der Waals surface area contributed by atoms with Gasteiger partial charge in [0.05, 0.1) is 16.6 Å². The van der Waals surface area contributed by atoms with Gasteiger partial charge >= 0.3 is 0 Å². The Kier molecular flexibility index (Phi) is 8.31. The SMILES string of the molecule is Cc1ccccc1CN1C(=O)c2cccc(c2)S(=O)(=O)Nc2nc(cc(-c3c(C)cccc3C)n2)OC[C@H]1CC(C)C. The molecule has 3 aromatic carbocycles. The maximum atomic E-state index is 14.2. The number of hydrogen-bond donors (Lipinski definition) is 1. The number of hydrogen-bond acceptors (Lipinski definition) is 6. The first kappa shape index (κ1) is 29.3. The van der Waals surface area contributed by atoms with E-state index in [9.17, 15) is 13.2 Å². The van der Waals surface area contributed by atoms with Gasteiger partial charge in [0, 0.05) is 23.7 Å². The Labute approximate surface area is 247 Å². The van der Waals surface area contributed by atoms with Crippen LogP contribution in [0, 0.1) is 26.7 Å². The van der Waals surface area contributed by atoms with Crippen LogP contribution in [0.15, 0.2) is 77.7 Å². The minimum Gasteiger partial charge on any atom is -0.475 e. The van der Waals surface area contributed by atoms with Crippen molar-refractivity contribution in [2.75, 3.05) is 11.3 Å². The van der Waals surface area contributed by atoms with Crippen LogP contribution in [-0.2, 0) is 16.6 Å². The van der Waals surface area contributed by atoms with Crippen LogP contribution in [0.25, 0.3) is 11.3 Å². The van der Waals surface area contributed by atoms with Gasteiger partial charge in [-0.1, -0.05) is 62.4 Å². The van der Waals surface area contributed by atoms with Gasteiger partial charge in [0.25, 0.3) is 15.9 Å². The number of aryl methyl sites for hydroxylation is 3. The summed E-state index contributed by atoms with van der Waals surface area (Å²) in [5.74, 6) is 0.125. The molecule has 0 saturated carbocycles. The van der Waals surface area contributed by atoms with E-state index in [1.54, 1.807) is 23.1 Å². The van der Waals surface area contributed by atoms with E-state index < -0.39 is 10.0 Å². The Morgan fingerprint density at radius 1 is 0.929 bits per heavy atom. The number of rotatable bonds is 5. The standard InChI is InChI=1S/C33H36N4O4S/c1-21(2)16-27-20-41-30-18-29(31-23(4)11-8-12-24(31)5)34-33(35-30)36-42(39,40)28-15-9-14-25(17-28)32(38)37(27)19-26-13-7-6-10-22(26)3/h6-15,17-18,21,27H,16,19-20H2,1-5H3,(H,34,35,36)/t27-/m1/s1. The highest BCUT2D eigenvalue weighted by Gasteiger charge is 2.29. The normalized spacial score (nSPS) is 16.6. The van der Waals surface area contributed by atoms with Crippen molar-refractivity contribution in [3.63, 3.8) is 0 Å². The third kappa shape index (κ3) is 6.31. The number of carbonyl (C=O) groups is 1. The van der Waals surface area contributed by atoms with Crippen molar-refractivity contribution in [3.05, 3.63) is 101 Å². The molecule has 0 aliphatic carbocycles. The Morgan fingerprint density at radius 3 is 2.33 bits per heavy atom. The number of carbonyl (C=O) groups excluding carboxylic acids is 1. The summed E-state index contributed by atoms with van der Waals surface area (Å²) < 4.78 is 35.9. The Morgan fingerprint density at radius 2 is 1.62 bits per heavy atom. The van der Waals surface area contributed by atoms with Gasteiger partial charge in [-0.3, -0.25) is 4.79 Å². The van der Waals surface area contributed by atoms with E-state index in [0.29, 0.717) is 18.7 Å². The van der Waals surface area contributed by atoms with Crippen molar-refractivity contribution in [2.45, 2.75) is 58.5 Å². The quantitative estimate of drug-likeness (QED) is 0.295. The minimum absolute atomic E-state index is 0.0487. The van der Waals surface area contributed by atoms with Crippen LogP contribution in [0.2, 0.25) is 0 Å². The topological polar surface area (TPSA) is 101 Å². The summed E-state index contributed by atoms with van der Waals surface area (Å²) in [7, 11) is -4.12. The molecule has 9 heteroatoms. The molecule has 1 N–H and O–H groups in total. The fourth-order valence-electron chi connectivity index (χ4n) is 5.38. The number of ether oxygens (including phenoxy) is 1. The summed E-state index contributed by atoms with van der Waals surface area (Å²) in [6.07, 6.45) is 0.676. The third-order valence-corrected chi connectivity index (χ3v) is 8.85. The van der Waals surface area contributed by atoms with Crippen LogP contribution in [0.5, 0.6) is 5.88 Å². The van der Waals surface area contributed by atoms with Crippen LogP contribution in [0.4, 0.5) is 5.95 Å². The number of nitrogens with one attached hydrogen (secondary N) is 1. The lowest BCUT2D eigenvalue weighted by molar-refractivity contribution is 0.0553. The first-order chi connectivity index (χ1) is 20.0. The van der Waals surface area contributed by atoms with Crippen LogP contribution in [0.1, 0.15) is 52.9 Å². The predicted octanol–water partition coefficient (Wildman–Crippen LogP) is 6.32. The molecule has 0 radical (unpaired) electrons. The Balaban J connectivity index is 1.68. The van der Waals surface area contributed by atoms with E-state index in [0.717, 1.165) is 27.8 Å². The smallest absolute Gasteiger partial charge is 0.264 e. The highest BCUT2D eigenvalue weighted by Crippen LogP contribution is 2.30. The Hall–Kier alpha value is -4.24. The van der Waals surface area contributed by atoms with Crippen LogP contribution < -0.4 is 9.46 Å². The molecule has 1 aromatic heterocycles. The number of nitrogens with zero attached hydrogens (tertiary/aromatic N) is 3. The number of amides is 1. The number of sulfonamides is 1. The zero-order valence-electron chi connectivity index (χ0n) is 24.6. The first-order valence-corrected chi connectivity index (χ1v) is 15.6. The maximum absolute atomic E-state index is 14.2. The summed E-state index contributed by atoms with van der Waals surface area (Å²) in [5.41, 5.74) is 5.77. The molecule has 0 spiro atoms. The summed E-state index contributed by atoms with van der Waals surface area (Å²) >= 11 is 0. The molecule has 4 bridgehead atoms. The van der Waals surface area contributed by atoms with Crippen LogP contribution >= 0.6 is 0 Å². The van der Waals surface area contributed by atoms with E-state index >= 15 is 0 Å². The molecule has 1 atom stereocenters. The van der Waals surface area contributed by atoms with Gasteiger partial charge in [0.1, 0.15) is 6.61 Å². The van der Waals surface area contributed by atoms with E-state index in [4.69, 9.17) is 4.74 Å². The van der Waals surface area contributed by atoms with E-state index in [1.807, 2.05) is 63.2 Å². The zero-order chi connectivity index (χ0) is 30.0. The van der Waals surface area contributed by atoms with Gasteiger partial charge in [-0.2, -0.15) is 4.98 Å². The van der Waals surface area contributed by atoms with E-state index in [1.165, 1.54) is 12.1 Å². The molecule has 5 rings (SSSR count). The lowest BCUT2D eigenvalue weighted by Gasteiger charge is -2.33. The maximum Gasteiger partial charge on any atom is 0.264 e. The molecule has 8 nitrogen and oxygen atoms in total. The van der Waals surface area contributed by atoms with Gasteiger partial charge < -0.3 is 9.64 Å². The molecular weight excluding hydrogens is 548 g/mol. The lowest BCUT2D eigenvalue weighted by Crippen LogP contribution is -2.44. The van der Waals surface area contributed by atoms with Gasteiger partial charge in [-0.25, -0.2) is 18.1 Å². The second-order valence-electron chi connectivity index (χ2n) is 11.3. The lowest BCUT2D eigenvalue weighted by atomic mass is 9.99. The zero-order valence-corrected chi connectivity index (χ0v) is 25.4. The summed E-state index contributed by atoms with van der Waals surface area (Å²) in [5, 5.41) is 0. The van der Waals surface area contributed by atoms with Crippen molar-refractivity contribution in [3.8, 4) is 17.1 Å². The highest BCUT2D eigenvalue weighted by atomic mass is 32.2. The minimum atomic E-state index is -4.12. The van der Waals surface area contributed by atoms with Crippen molar-refractivity contribution >= 4 is 21.9 Å². The molecule has 1 aliphatic heterocycles. The number of fused-ring (bicyclic) bond motifs is 4. The largest absolute Gasteiger partial charge is 0.475 e. The van der Waals surface area contributed by atoms with E-state index in [2.05, 4.69) is 28.5 Å². The molecule has 0 fully saturated rings. The van der Waals surface area contributed by atoms with Gasteiger partial charge in [-0.05, 0) is 73.6 Å². The second kappa shape index (κ2) is 11.9. The summed E-state index contributed by atoms with van der Waals surface area (Å²) in [4.78, 5) is 24.9. The first-order valence-electron chi connectivity index (χ1n) is 14.1. The third-order valence-electron chi connectivity index (χ3n) is 7.53. The van der Waals surface area contributed by atoms with Crippen molar-refractivity contribution in [1.29, 1.82) is 0 Å². The Bertz CT molecular complexity index is 1720. The van der Waals surface area contributed by atoms with Crippen molar-refractivity contribution in [2.24, 2.45) is 5.92 Å².